The smallest absolute Gasteiger partial charge is 0.315 e. The van der Waals surface area contributed by atoms with Crippen LogP contribution >= 0.6 is 0 Å². The Hall–Kier alpha value is -0.780. The van der Waals surface area contributed by atoms with Crippen LogP contribution in [0.15, 0.2) is 0 Å². The maximum atomic E-state index is 11.4. The molecular weight excluding hydrogens is 216 g/mol. The summed E-state index contributed by atoms with van der Waals surface area (Å²) in [7, 11) is -2.83. The summed E-state index contributed by atoms with van der Waals surface area (Å²) in [6, 6.07) is 0.214. The van der Waals surface area contributed by atoms with Gasteiger partial charge in [0.2, 0.25) is 0 Å². The molecule has 0 aromatic rings. The van der Waals surface area contributed by atoms with Gasteiger partial charge in [0.05, 0.1) is 11.5 Å². The van der Waals surface area contributed by atoms with Gasteiger partial charge in [0.15, 0.2) is 0 Å². The molecule has 0 bridgehead atoms. The highest BCUT2D eigenvalue weighted by Gasteiger charge is 2.27. The zero-order valence-corrected chi connectivity index (χ0v) is 9.35. The average Bonchev–Trinajstić information content (AvgIpc) is 2.92. The molecule has 1 aliphatic carbocycles. The lowest BCUT2D eigenvalue weighted by Gasteiger charge is -2.23. The van der Waals surface area contributed by atoms with Crippen LogP contribution in [0.3, 0.4) is 0 Å². The number of sulfone groups is 1. The second-order valence-electron chi connectivity index (χ2n) is 4.32. The van der Waals surface area contributed by atoms with Crippen molar-refractivity contribution < 1.29 is 13.2 Å². The van der Waals surface area contributed by atoms with Gasteiger partial charge in [-0.15, -0.1) is 0 Å². The largest absolute Gasteiger partial charge is 0.335 e. The number of nitrogens with one attached hydrogen (secondary N) is 2. The molecule has 1 aliphatic heterocycles. The molecule has 15 heavy (non-hydrogen) atoms. The summed E-state index contributed by atoms with van der Waals surface area (Å²) in [6.45, 7) is 0. The first-order valence-electron chi connectivity index (χ1n) is 5.33. The Labute approximate surface area is 89.5 Å². The Balaban J connectivity index is 1.73. The zero-order valence-electron chi connectivity index (χ0n) is 8.53. The topological polar surface area (TPSA) is 75.3 Å². The lowest BCUT2D eigenvalue weighted by atomic mass is 10.2. The first-order chi connectivity index (χ1) is 7.05. The minimum atomic E-state index is -2.83. The standard InChI is InChI=1S/C9H16N2O3S/c12-9(10-7-1-2-7)11-8-3-5-15(13,14)6-4-8/h7-8H,1-6H2,(H2,10,11,12). The van der Waals surface area contributed by atoms with Crippen molar-refractivity contribution in [3.63, 3.8) is 0 Å². The Kier molecular flexibility index (Phi) is 2.86. The van der Waals surface area contributed by atoms with Gasteiger partial charge >= 0.3 is 6.03 Å². The van der Waals surface area contributed by atoms with Gasteiger partial charge in [-0.3, -0.25) is 0 Å². The molecule has 2 aliphatic rings. The first-order valence-corrected chi connectivity index (χ1v) is 7.15. The van der Waals surface area contributed by atoms with Crippen LogP contribution < -0.4 is 10.6 Å². The molecule has 0 aromatic carbocycles. The summed E-state index contributed by atoms with van der Waals surface area (Å²) in [5, 5.41) is 5.64. The van der Waals surface area contributed by atoms with Gasteiger partial charge in [-0.25, -0.2) is 13.2 Å². The number of hydrogen-bond acceptors (Lipinski definition) is 3. The van der Waals surface area contributed by atoms with Gasteiger partial charge in [0.1, 0.15) is 9.84 Å². The van der Waals surface area contributed by atoms with Crippen LogP contribution in [0.2, 0.25) is 0 Å². The van der Waals surface area contributed by atoms with Crippen molar-refractivity contribution in [1.82, 2.24) is 10.6 Å². The highest BCUT2D eigenvalue weighted by Crippen LogP contribution is 2.18. The van der Waals surface area contributed by atoms with Crippen LogP contribution in [0.1, 0.15) is 25.7 Å². The second kappa shape index (κ2) is 4.00. The number of carbonyl (C=O) groups is 1. The Bertz CT molecular complexity index is 334. The lowest BCUT2D eigenvalue weighted by Crippen LogP contribution is -2.46. The van der Waals surface area contributed by atoms with Crippen molar-refractivity contribution in [2.45, 2.75) is 37.8 Å². The maximum Gasteiger partial charge on any atom is 0.315 e. The monoisotopic (exact) mass is 232 g/mol. The van der Waals surface area contributed by atoms with Gasteiger partial charge in [-0.1, -0.05) is 0 Å². The number of urea groups is 1. The van der Waals surface area contributed by atoms with Crippen LogP contribution in [0.5, 0.6) is 0 Å². The predicted octanol–water partition coefficient (Wildman–Crippen LogP) is 0.0252. The lowest BCUT2D eigenvalue weighted by molar-refractivity contribution is 0.235. The normalized spacial score (nSPS) is 25.9. The van der Waals surface area contributed by atoms with Crippen LogP contribution in [-0.4, -0.2) is 38.0 Å². The Morgan fingerprint density at radius 2 is 1.40 bits per heavy atom. The van der Waals surface area contributed by atoms with Crippen LogP contribution in [0, 0.1) is 0 Å². The van der Waals surface area contributed by atoms with E-state index in [1.165, 1.54) is 0 Å². The number of hydrogen-bond donors (Lipinski definition) is 2. The fourth-order valence-electron chi connectivity index (χ4n) is 1.67. The average molecular weight is 232 g/mol. The number of amides is 2. The maximum absolute atomic E-state index is 11.4. The van der Waals surface area contributed by atoms with E-state index in [2.05, 4.69) is 10.6 Å². The molecule has 0 unspecified atom stereocenters. The second-order valence-corrected chi connectivity index (χ2v) is 6.62. The molecule has 1 saturated heterocycles. The molecule has 5 nitrogen and oxygen atoms in total. The van der Waals surface area contributed by atoms with Gasteiger partial charge in [0, 0.05) is 12.1 Å². The molecule has 0 aromatic heterocycles. The van der Waals surface area contributed by atoms with E-state index in [0.29, 0.717) is 18.9 Å². The third-order valence-corrected chi connectivity index (χ3v) is 4.52. The highest BCUT2D eigenvalue weighted by atomic mass is 32.2. The van der Waals surface area contributed by atoms with Crippen molar-refractivity contribution in [1.29, 1.82) is 0 Å². The van der Waals surface area contributed by atoms with Crippen LogP contribution in [0.25, 0.3) is 0 Å². The van der Waals surface area contributed by atoms with Gasteiger partial charge in [-0.2, -0.15) is 0 Å². The molecule has 2 amide bonds. The Morgan fingerprint density at radius 3 is 1.87 bits per heavy atom. The predicted molar refractivity (Wildman–Crippen MR) is 56.4 cm³/mol. The molecule has 2 rings (SSSR count). The minimum Gasteiger partial charge on any atom is -0.335 e. The van der Waals surface area contributed by atoms with Gasteiger partial charge in [0.25, 0.3) is 0 Å². The summed E-state index contributed by atoms with van der Waals surface area (Å²) < 4.78 is 22.3. The fraction of sp³-hybridized carbons (Fsp3) is 0.889. The summed E-state index contributed by atoms with van der Waals surface area (Å²) in [5.74, 6) is 0.392. The summed E-state index contributed by atoms with van der Waals surface area (Å²) in [5.41, 5.74) is 0. The van der Waals surface area contributed by atoms with Crippen molar-refractivity contribution in [2.24, 2.45) is 0 Å². The Morgan fingerprint density at radius 1 is 0.933 bits per heavy atom. The molecule has 1 saturated carbocycles. The van der Waals surface area contributed by atoms with Crippen molar-refractivity contribution in [2.75, 3.05) is 11.5 Å². The molecule has 0 spiro atoms. The molecule has 2 fully saturated rings. The van der Waals surface area contributed by atoms with Gasteiger partial charge in [-0.05, 0) is 25.7 Å². The molecule has 0 radical (unpaired) electrons. The fourth-order valence-corrected chi connectivity index (χ4v) is 3.17. The SMILES string of the molecule is O=C(NC1CC1)NC1CCS(=O)(=O)CC1. The van der Waals surface area contributed by atoms with Crippen LogP contribution in [0.4, 0.5) is 4.79 Å². The van der Waals surface area contributed by atoms with Crippen LogP contribution in [-0.2, 0) is 9.84 Å². The molecule has 6 heteroatoms. The molecule has 1 heterocycles. The number of rotatable bonds is 2. The van der Waals surface area contributed by atoms with E-state index in [4.69, 9.17) is 0 Å². The first kappa shape index (κ1) is 10.7. The van der Waals surface area contributed by atoms with E-state index < -0.39 is 9.84 Å². The molecule has 0 atom stereocenters. The van der Waals surface area contributed by atoms with Crippen molar-refractivity contribution in [3.8, 4) is 0 Å². The third-order valence-electron chi connectivity index (χ3n) is 2.80. The van der Waals surface area contributed by atoms with Crippen molar-refractivity contribution in [3.05, 3.63) is 0 Å². The minimum absolute atomic E-state index is 0.0206. The highest BCUT2D eigenvalue weighted by molar-refractivity contribution is 7.91. The quantitative estimate of drug-likeness (QED) is 0.705. The summed E-state index contributed by atoms with van der Waals surface area (Å²) in [4.78, 5) is 11.4. The molecule has 2 N–H and O–H groups in total. The van der Waals surface area contributed by atoms with E-state index in [-0.39, 0.29) is 23.6 Å². The number of carbonyl (C=O) groups excluding carboxylic acids is 1. The van der Waals surface area contributed by atoms with Gasteiger partial charge < -0.3 is 10.6 Å². The van der Waals surface area contributed by atoms with E-state index in [0.717, 1.165) is 12.8 Å². The van der Waals surface area contributed by atoms with E-state index >= 15 is 0 Å². The van der Waals surface area contributed by atoms with E-state index in [1.807, 2.05) is 0 Å². The zero-order chi connectivity index (χ0) is 10.9. The summed E-state index contributed by atoms with van der Waals surface area (Å²) in [6.07, 6.45) is 3.21. The van der Waals surface area contributed by atoms with Crippen molar-refractivity contribution >= 4 is 15.9 Å². The molecular formula is C9H16N2O3S. The van der Waals surface area contributed by atoms with E-state index in [1.54, 1.807) is 0 Å². The third kappa shape index (κ3) is 3.37. The molecule has 86 valence electrons. The van der Waals surface area contributed by atoms with E-state index in [9.17, 15) is 13.2 Å². The summed E-state index contributed by atoms with van der Waals surface area (Å²) >= 11 is 0.